The van der Waals surface area contributed by atoms with Crippen LogP contribution in [0.25, 0.3) is 0 Å². The Bertz CT molecular complexity index is 273. The van der Waals surface area contributed by atoms with E-state index in [1.165, 1.54) is 19.3 Å². The van der Waals surface area contributed by atoms with E-state index in [9.17, 15) is 0 Å². The van der Waals surface area contributed by atoms with Gasteiger partial charge in [0, 0.05) is 18.3 Å². The van der Waals surface area contributed by atoms with Crippen molar-refractivity contribution in [3.63, 3.8) is 0 Å². The fraction of sp³-hybridized carbons (Fsp3) is 0.667. The summed E-state index contributed by atoms with van der Waals surface area (Å²) < 4.78 is 0. The fourth-order valence-corrected chi connectivity index (χ4v) is 1.48. The Balaban J connectivity index is 2.36. The van der Waals surface area contributed by atoms with Gasteiger partial charge in [-0.05, 0) is 12.8 Å². The largest absolute Gasteiger partial charge is 0.370 e. The van der Waals surface area contributed by atoms with Crippen molar-refractivity contribution < 1.29 is 0 Å². The highest BCUT2D eigenvalue weighted by molar-refractivity contribution is 5.34. The maximum atomic E-state index is 4.22. The first kappa shape index (κ1) is 12.0. The molecule has 15 heavy (non-hydrogen) atoms. The molecule has 0 amide bonds. The third-order valence-electron chi connectivity index (χ3n) is 2.32. The van der Waals surface area contributed by atoms with Crippen molar-refractivity contribution in [2.75, 3.05) is 11.9 Å². The van der Waals surface area contributed by atoms with Crippen molar-refractivity contribution in [2.24, 2.45) is 0 Å². The fourth-order valence-electron chi connectivity index (χ4n) is 1.48. The van der Waals surface area contributed by atoms with Crippen molar-refractivity contribution in [2.45, 2.75) is 46.0 Å². The van der Waals surface area contributed by atoms with Gasteiger partial charge in [0.2, 0.25) is 0 Å². The Hall–Kier alpha value is -1.12. The van der Waals surface area contributed by atoms with Gasteiger partial charge < -0.3 is 5.32 Å². The minimum absolute atomic E-state index is 0.963. The standard InChI is InChI=1S/C12H21N3/c1-3-5-6-8-13-12-9-11(7-4-2)14-10-15-12/h9-10H,3-8H2,1-2H3,(H,13,14,15). The molecule has 0 radical (unpaired) electrons. The molecule has 1 aromatic heterocycles. The van der Waals surface area contributed by atoms with Crippen molar-refractivity contribution >= 4 is 5.82 Å². The molecular weight excluding hydrogens is 186 g/mol. The summed E-state index contributed by atoms with van der Waals surface area (Å²) in [6.45, 7) is 5.39. The van der Waals surface area contributed by atoms with E-state index in [1.54, 1.807) is 6.33 Å². The molecular formula is C12H21N3. The number of anilines is 1. The van der Waals surface area contributed by atoms with Gasteiger partial charge in [0.05, 0.1) is 0 Å². The quantitative estimate of drug-likeness (QED) is 0.698. The summed E-state index contributed by atoms with van der Waals surface area (Å²) in [5.41, 5.74) is 1.13. The van der Waals surface area contributed by atoms with Crippen LogP contribution < -0.4 is 5.32 Å². The summed E-state index contributed by atoms with van der Waals surface area (Å²) in [6.07, 6.45) is 7.56. The smallest absolute Gasteiger partial charge is 0.129 e. The number of hydrogen-bond donors (Lipinski definition) is 1. The molecule has 0 spiro atoms. The highest BCUT2D eigenvalue weighted by Gasteiger charge is 1.96. The SMILES string of the molecule is CCCCCNc1cc(CCC)ncn1. The van der Waals surface area contributed by atoms with Crippen molar-refractivity contribution in [1.29, 1.82) is 0 Å². The van der Waals surface area contributed by atoms with Crippen LogP contribution in [-0.2, 0) is 6.42 Å². The molecule has 0 aliphatic carbocycles. The molecule has 3 nitrogen and oxygen atoms in total. The van der Waals surface area contributed by atoms with E-state index >= 15 is 0 Å². The van der Waals surface area contributed by atoms with Gasteiger partial charge in [-0.15, -0.1) is 0 Å². The molecule has 0 bridgehead atoms. The predicted molar refractivity (Wildman–Crippen MR) is 64.0 cm³/mol. The normalized spacial score (nSPS) is 10.3. The van der Waals surface area contributed by atoms with Crippen molar-refractivity contribution in [3.05, 3.63) is 18.1 Å². The summed E-state index contributed by atoms with van der Waals surface area (Å²) in [7, 11) is 0. The summed E-state index contributed by atoms with van der Waals surface area (Å²) in [6, 6.07) is 2.05. The maximum absolute atomic E-state index is 4.22. The Morgan fingerprint density at radius 2 is 2.00 bits per heavy atom. The van der Waals surface area contributed by atoms with Gasteiger partial charge in [-0.2, -0.15) is 0 Å². The van der Waals surface area contributed by atoms with Gasteiger partial charge in [0.1, 0.15) is 12.1 Å². The second-order valence-corrected chi connectivity index (χ2v) is 3.78. The zero-order chi connectivity index (χ0) is 10.9. The maximum Gasteiger partial charge on any atom is 0.129 e. The van der Waals surface area contributed by atoms with Crippen LogP contribution in [0, 0.1) is 0 Å². The summed E-state index contributed by atoms with van der Waals surface area (Å²) in [4.78, 5) is 8.42. The highest BCUT2D eigenvalue weighted by atomic mass is 15.0. The third-order valence-corrected chi connectivity index (χ3v) is 2.32. The molecule has 0 atom stereocenters. The molecule has 0 unspecified atom stereocenters. The van der Waals surface area contributed by atoms with Crippen molar-refractivity contribution in [3.8, 4) is 0 Å². The van der Waals surface area contributed by atoms with Crippen LogP contribution in [0.4, 0.5) is 5.82 Å². The first-order valence-corrected chi connectivity index (χ1v) is 5.91. The molecule has 84 valence electrons. The van der Waals surface area contributed by atoms with Gasteiger partial charge in [0.15, 0.2) is 0 Å². The second-order valence-electron chi connectivity index (χ2n) is 3.78. The molecule has 0 fully saturated rings. The van der Waals surface area contributed by atoms with Crippen LogP contribution >= 0.6 is 0 Å². The average Bonchev–Trinajstić information content (AvgIpc) is 2.26. The first-order chi connectivity index (χ1) is 7.36. The molecule has 0 aliphatic heterocycles. The van der Waals surface area contributed by atoms with Crippen molar-refractivity contribution in [1.82, 2.24) is 9.97 Å². The lowest BCUT2D eigenvalue weighted by Gasteiger charge is -2.05. The lowest BCUT2D eigenvalue weighted by Crippen LogP contribution is -2.04. The molecule has 0 aromatic carbocycles. The minimum atomic E-state index is 0.963. The van der Waals surface area contributed by atoms with Gasteiger partial charge in [-0.25, -0.2) is 9.97 Å². The Morgan fingerprint density at radius 3 is 2.73 bits per heavy atom. The second kappa shape index (κ2) is 7.21. The molecule has 1 N–H and O–H groups in total. The van der Waals surface area contributed by atoms with Crippen LogP contribution in [0.2, 0.25) is 0 Å². The van der Waals surface area contributed by atoms with Crippen LogP contribution in [-0.4, -0.2) is 16.5 Å². The van der Waals surface area contributed by atoms with E-state index in [0.717, 1.165) is 30.9 Å². The summed E-state index contributed by atoms with van der Waals surface area (Å²) in [5, 5.41) is 3.33. The van der Waals surface area contributed by atoms with Gasteiger partial charge in [0.25, 0.3) is 0 Å². The van der Waals surface area contributed by atoms with E-state index in [0.29, 0.717) is 0 Å². The van der Waals surface area contributed by atoms with Crippen LogP contribution in [0.1, 0.15) is 45.2 Å². The van der Waals surface area contributed by atoms with E-state index in [1.807, 2.05) is 0 Å². The number of nitrogens with one attached hydrogen (secondary N) is 1. The average molecular weight is 207 g/mol. The lowest BCUT2D eigenvalue weighted by molar-refractivity contribution is 0.741. The van der Waals surface area contributed by atoms with Gasteiger partial charge in [-0.1, -0.05) is 33.1 Å². The van der Waals surface area contributed by atoms with E-state index in [-0.39, 0.29) is 0 Å². The van der Waals surface area contributed by atoms with E-state index in [2.05, 4.69) is 35.2 Å². The zero-order valence-corrected chi connectivity index (χ0v) is 9.79. The third kappa shape index (κ3) is 4.77. The number of unbranched alkanes of at least 4 members (excludes halogenated alkanes) is 2. The topological polar surface area (TPSA) is 37.8 Å². The first-order valence-electron chi connectivity index (χ1n) is 5.91. The van der Waals surface area contributed by atoms with Crippen LogP contribution in [0.5, 0.6) is 0 Å². The highest BCUT2D eigenvalue weighted by Crippen LogP contribution is 2.06. The van der Waals surface area contributed by atoms with Gasteiger partial charge in [-0.3, -0.25) is 0 Å². The lowest BCUT2D eigenvalue weighted by atomic mass is 10.2. The Labute approximate surface area is 92.3 Å². The summed E-state index contributed by atoms with van der Waals surface area (Å²) in [5.74, 6) is 0.963. The molecule has 0 aliphatic rings. The predicted octanol–water partition coefficient (Wildman–Crippen LogP) is 3.03. The molecule has 0 saturated heterocycles. The molecule has 1 aromatic rings. The monoisotopic (exact) mass is 207 g/mol. The van der Waals surface area contributed by atoms with Crippen LogP contribution in [0.3, 0.4) is 0 Å². The number of nitrogens with zero attached hydrogens (tertiary/aromatic N) is 2. The molecule has 0 saturated carbocycles. The minimum Gasteiger partial charge on any atom is -0.370 e. The summed E-state index contributed by atoms with van der Waals surface area (Å²) >= 11 is 0. The zero-order valence-electron chi connectivity index (χ0n) is 9.79. The number of hydrogen-bond acceptors (Lipinski definition) is 3. The molecule has 1 rings (SSSR count). The Morgan fingerprint density at radius 1 is 1.13 bits per heavy atom. The van der Waals surface area contributed by atoms with Gasteiger partial charge >= 0.3 is 0 Å². The number of aromatic nitrogens is 2. The Kier molecular flexibility index (Phi) is 5.74. The number of aryl methyl sites for hydroxylation is 1. The van der Waals surface area contributed by atoms with E-state index < -0.39 is 0 Å². The molecule has 1 heterocycles. The van der Waals surface area contributed by atoms with E-state index in [4.69, 9.17) is 0 Å². The van der Waals surface area contributed by atoms with Crippen LogP contribution in [0.15, 0.2) is 12.4 Å². The number of rotatable bonds is 7. The molecule has 3 heteroatoms.